The van der Waals surface area contributed by atoms with E-state index in [0.717, 1.165) is 19.4 Å². The van der Waals surface area contributed by atoms with Gasteiger partial charge in [-0.25, -0.2) is 0 Å². The number of rotatable bonds is 14. The summed E-state index contributed by atoms with van der Waals surface area (Å²) in [7, 11) is 0. The van der Waals surface area contributed by atoms with Crippen LogP contribution in [0.3, 0.4) is 0 Å². The van der Waals surface area contributed by atoms with Crippen molar-refractivity contribution in [3.63, 3.8) is 0 Å². The van der Waals surface area contributed by atoms with E-state index in [0.29, 0.717) is 30.7 Å². The van der Waals surface area contributed by atoms with Gasteiger partial charge >= 0.3 is 0 Å². The van der Waals surface area contributed by atoms with Gasteiger partial charge < -0.3 is 15.7 Å². The van der Waals surface area contributed by atoms with Crippen LogP contribution in [-0.4, -0.2) is 36.2 Å². The highest BCUT2D eigenvalue weighted by atomic mass is 16.3. The van der Waals surface area contributed by atoms with E-state index in [2.05, 4.69) is 52.2 Å². The molecule has 1 rings (SSSR count). The first-order valence-corrected chi connectivity index (χ1v) is 12.4. The number of carbonyl (C=O) groups is 1. The van der Waals surface area contributed by atoms with E-state index in [1.807, 2.05) is 0 Å². The smallest absolute Gasteiger partial charge is 0.223 e. The largest absolute Gasteiger partial charge is 0.391 e. The highest BCUT2D eigenvalue weighted by Crippen LogP contribution is 2.29. The molecule has 0 aliphatic heterocycles. The predicted molar refractivity (Wildman–Crippen MR) is 124 cm³/mol. The molecular formula is C25H50N2O2. The first-order chi connectivity index (χ1) is 13.7. The van der Waals surface area contributed by atoms with Gasteiger partial charge in [-0.15, -0.1) is 0 Å². The number of hydrogen-bond donors (Lipinski definition) is 3. The lowest BCUT2D eigenvalue weighted by molar-refractivity contribution is -0.127. The third-order valence-corrected chi connectivity index (χ3v) is 6.46. The summed E-state index contributed by atoms with van der Waals surface area (Å²) < 4.78 is 0. The summed E-state index contributed by atoms with van der Waals surface area (Å²) in [6.07, 6.45) is 10.1. The molecule has 1 aliphatic rings. The predicted octanol–water partition coefficient (Wildman–Crippen LogP) is 5.15. The summed E-state index contributed by atoms with van der Waals surface area (Å²) in [6, 6.07) is 0.101. The zero-order chi connectivity index (χ0) is 21.8. The molecule has 0 bridgehead atoms. The van der Waals surface area contributed by atoms with Gasteiger partial charge in [0, 0.05) is 18.5 Å². The maximum Gasteiger partial charge on any atom is 0.223 e. The Morgan fingerprint density at radius 2 is 1.66 bits per heavy atom. The van der Waals surface area contributed by atoms with Crippen LogP contribution in [0, 0.1) is 29.6 Å². The van der Waals surface area contributed by atoms with Crippen molar-refractivity contribution in [1.82, 2.24) is 10.6 Å². The molecule has 172 valence electrons. The summed E-state index contributed by atoms with van der Waals surface area (Å²) in [6.45, 7) is 14.6. The molecule has 3 N–H and O–H groups in total. The molecule has 1 aliphatic carbocycles. The Morgan fingerprint density at radius 3 is 2.21 bits per heavy atom. The zero-order valence-electron chi connectivity index (χ0n) is 20.2. The van der Waals surface area contributed by atoms with Gasteiger partial charge in [-0.05, 0) is 55.9 Å². The average Bonchev–Trinajstić information content (AvgIpc) is 2.66. The second-order valence-electron chi connectivity index (χ2n) is 10.6. The SMILES string of the molecule is CC(C)CCCNC(CC1CCCCC1)C(O)CC(C(=O)NCC(C)C)C(C)C. The van der Waals surface area contributed by atoms with Crippen molar-refractivity contribution in [3.8, 4) is 0 Å². The van der Waals surface area contributed by atoms with Gasteiger partial charge in [-0.3, -0.25) is 4.79 Å². The minimum Gasteiger partial charge on any atom is -0.391 e. The maximum absolute atomic E-state index is 12.7. The van der Waals surface area contributed by atoms with Crippen LogP contribution in [0.4, 0.5) is 0 Å². The number of aliphatic hydroxyl groups excluding tert-OH is 1. The molecule has 4 heteroatoms. The van der Waals surface area contributed by atoms with E-state index in [4.69, 9.17) is 0 Å². The molecule has 29 heavy (non-hydrogen) atoms. The fourth-order valence-electron chi connectivity index (χ4n) is 4.50. The third kappa shape index (κ3) is 11.4. The molecule has 3 unspecified atom stereocenters. The number of aliphatic hydroxyl groups is 1. The highest BCUT2D eigenvalue weighted by molar-refractivity contribution is 5.78. The van der Waals surface area contributed by atoms with E-state index in [9.17, 15) is 9.90 Å². The first-order valence-electron chi connectivity index (χ1n) is 12.4. The zero-order valence-corrected chi connectivity index (χ0v) is 20.2. The molecule has 4 nitrogen and oxygen atoms in total. The molecule has 0 aromatic carbocycles. The molecule has 0 aromatic rings. The molecule has 0 radical (unpaired) electrons. The van der Waals surface area contributed by atoms with Gasteiger partial charge in [0.2, 0.25) is 5.91 Å². The second kappa shape index (κ2) is 14.4. The molecule has 0 spiro atoms. The van der Waals surface area contributed by atoms with Crippen molar-refractivity contribution in [2.45, 2.75) is 111 Å². The van der Waals surface area contributed by atoms with Crippen molar-refractivity contribution in [1.29, 1.82) is 0 Å². The number of amides is 1. The van der Waals surface area contributed by atoms with Crippen LogP contribution in [0.5, 0.6) is 0 Å². The Labute approximate surface area is 181 Å². The number of nitrogens with one attached hydrogen (secondary N) is 2. The fraction of sp³-hybridized carbons (Fsp3) is 0.960. The van der Waals surface area contributed by atoms with Gasteiger partial charge in [0.15, 0.2) is 0 Å². The molecule has 1 amide bonds. The first kappa shape index (κ1) is 26.4. The number of carbonyl (C=O) groups excluding carboxylic acids is 1. The Kier molecular flexibility index (Phi) is 13.1. The van der Waals surface area contributed by atoms with Gasteiger partial charge in [0.05, 0.1) is 6.10 Å². The highest BCUT2D eigenvalue weighted by Gasteiger charge is 2.30. The standard InChI is InChI=1S/C25H50N2O2/c1-18(2)11-10-14-26-23(15-21-12-8-7-9-13-21)24(28)16-22(20(5)6)25(29)27-17-19(3)4/h18-24,26,28H,7-17H2,1-6H3,(H,27,29). The Bertz CT molecular complexity index is 431. The Hall–Kier alpha value is -0.610. The van der Waals surface area contributed by atoms with Gasteiger partial charge in [-0.1, -0.05) is 73.6 Å². The summed E-state index contributed by atoms with van der Waals surface area (Å²) in [5.41, 5.74) is 0. The average molecular weight is 411 g/mol. The van der Waals surface area contributed by atoms with Crippen LogP contribution < -0.4 is 10.6 Å². The van der Waals surface area contributed by atoms with E-state index in [1.54, 1.807) is 0 Å². The summed E-state index contributed by atoms with van der Waals surface area (Å²) in [5, 5.41) is 17.9. The molecule has 0 aromatic heterocycles. The molecule has 1 saturated carbocycles. The lowest BCUT2D eigenvalue weighted by Crippen LogP contribution is -2.45. The van der Waals surface area contributed by atoms with E-state index >= 15 is 0 Å². The van der Waals surface area contributed by atoms with Crippen LogP contribution in [0.15, 0.2) is 0 Å². The molecule has 3 atom stereocenters. The van der Waals surface area contributed by atoms with Crippen LogP contribution >= 0.6 is 0 Å². The minimum atomic E-state index is -0.465. The van der Waals surface area contributed by atoms with Crippen LogP contribution in [-0.2, 0) is 4.79 Å². The van der Waals surface area contributed by atoms with Crippen molar-refractivity contribution in [3.05, 3.63) is 0 Å². The number of hydrogen-bond acceptors (Lipinski definition) is 3. The summed E-state index contributed by atoms with van der Waals surface area (Å²) >= 11 is 0. The van der Waals surface area contributed by atoms with E-state index in [-0.39, 0.29) is 23.8 Å². The lowest BCUT2D eigenvalue weighted by atomic mass is 9.81. The van der Waals surface area contributed by atoms with Crippen LogP contribution in [0.1, 0.15) is 99.3 Å². The molecule has 0 heterocycles. The van der Waals surface area contributed by atoms with E-state index < -0.39 is 6.10 Å². The third-order valence-electron chi connectivity index (χ3n) is 6.46. The summed E-state index contributed by atoms with van der Waals surface area (Å²) in [5.74, 6) is 2.08. The fourth-order valence-corrected chi connectivity index (χ4v) is 4.50. The van der Waals surface area contributed by atoms with Crippen molar-refractivity contribution in [2.24, 2.45) is 29.6 Å². The van der Waals surface area contributed by atoms with Gasteiger partial charge in [-0.2, -0.15) is 0 Å². The van der Waals surface area contributed by atoms with Crippen LogP contribution in [0.2, 0.25) is 0 Å². The topological polar surface area (TPSA) is 61.4 Å². The summed E-state index contributed by atoms with van der Waals surface area (Å²) in [4.78, 5) is 12.7. The monoisotopic (exact) mass is 410 g/mol. The minimum absolute atomic E-state index is 0.101. The Morgan fingerprint density at radius 1 is 1.00 bits per heavy atom. The molecular weight excluding hydrogens is 360 g/mol. The Balaban J connectivity index is 2.69. The van der Waals surface area contributed by atoms with Crippen molar-refractivity contribution in [2.75, 3.05) is 13.1 Å². The van der Waals surface area contributed by atoms with Crippen molar-refractivity contribution >= 4 is 5.91 Å². The van der Waals surface area contributed by atoms with E-state index in [1.165, 1.54) is 38.5 Å². The normalized spacial score (nSPS) is 19.0. The van der Waals surface area contributed by atoms with Crippen molar-refractivity contribution < 1.29 is 9.90 Å². The lowest BCUT2D eigenvalue weighted by Gasteiger charge is -2.32. The maximum atomic E-state index is 12.7. The second-order valence-corrected chi connectivity index (χ2v) is 10.6. The molecule has 1 fully saturated rings. The van der Waals surface area contributed by atoms with Gasteiger partial charge in [0.25, 0.3) is 0 Å². The molecule has 0 saturated heterocycles. The quantitative estimate of drug-likeness (QED) is 0.347. The van der Waals surface area contributed by atoms with Gasteiger partial charge in [0.1, 0.15) is 0 Å². The van der Waals surface area contributed by atoms with Crippen LogP contribution in [0.25, 0.3) is 0 Å².